The Labute approximate surface area is 148 Å². The minimum Gasteiger partial charge on any atom is -0.326 e. The van der Waals surface area contributed by atoms with Crippen LogP contribution in [0, 0.1) is 0 Å². The van der Waals surface area contributed by atoms with Gasteiger partial charge in [-0.3, -0.25) is 9.10 Å². The maximum absolute atomic E-state index is 12.2. The average Bonchev–Trinajstić information content (AvgIpc) is 2.61. The van der Waals surface area contributed by atoms with Crippen molar-refractivity contribution in [2.45, 2.75) is 25.7 Å². The van der Waals surface area contributed by atoms with E-state index in [9.17, 15) is 13.2 Å². The number of nitrogens with one attached hydrogen (secondary N) is 1. The Bertz CT molecular complexity index is 835. The van der Waals surface area contributed by atoms with E-state index in [0.717, 1.165) is 12.0 Å². The Morgan fingerprint density at radius 1 is 1.04 bits per heavy atom. The van der Waals surface area contributed by atoms with Crippen molar-refractivity contribution >= 4 is 27.3 Å². The van der Waals surface area contributed by atoms with Gasteiger partial charge in [0.2, 0.25) is 15.9 Å². The normalized spacial score (nSPS) is 16.4. The highest BCUT2D eigenvalue weighted by Crippen LogP contribution is 2.26. The molecule has 1 saturated heterocycles. The van der Waals surface area contributed by atoms with Crippen LogP contribution >= 0.6 is 0 Å². The van der Waals surface area contributed by atoms with Crippen LogP contribution in [0.4, 0.5) is 11.4 Å². The van der Waals surface area contributed by atoms with Crippen LogP contribution in [0.2, 0.25) is 0 Å². The van der Waals surface area contributed by atoms with Crippen LogP contribution in [0.15, 0.2) is 54.6 Å². The molecule has 0 bridgehead atoms. The highest BCUT2D eigenvalue weighted by molar-refractivity contribution is 7.92. The standard InChI is InChI=1S/C19H22N2O3S/c22-19(12-11-16-7-2-1-3-8-16)20-17-9-6-10-18(15-17)21-13-4-5-14-25(21,23)24/h1-3,6-10,15H,4-5,11-14H2,(H,20,22). The lowest BCUT2D eigenvalue weighted by molar-refractivity contribution is -0.116. The van der Waals surface area contributed by atoms with Gasteiger partial charge in [-0.25, -0.2) is 8.42 Å². The molecule has 1 fully saturated rings. The van der Waals surface area contributed by atoms with E-state index in [2.05, 4.69) is 5.32 Å². The smallest absolute Gasteiger partial charge is 0.235 e. The van der Waals surface area contributed by atoms with Gasteiger partial charge in [0, 0.05) is 18.7 Å². The molecule has 0 aliphatic carbocycles. The number of hydrogen-bond donors (Lipinski definition) is 1. The summed E-state index contributed by atoms with van der Waals surface area (Å²) in [5.74, 6) is 0.100. The third-order valence-electron chi connectivity index (χ3n) is 4.25. The number of sulfonamides is 1. The summed E-state index contributed by atoms with van der Waals surface area (Å²) >= 11 is 0. The Hall–Kier alpha value is -2.34. The molecule has 0 saturated carbocycles. The Morgan fingerprint density at radius 3 is 2.60 bits per heavy atom. The number of rotatable bonds is 5. The molecule has 0 spiro atoms. The maximum Gasteiger partial charge on any atom is 0.235 e. The molecule has 5 nitrogen and oxygen atoms in total. The van der Waals surface area contributed by atoms with Crippen molar-refractivity contribution in [3.63, 3.8) is 0 Å². The number of aryl methyl sites for hydroxylation is 1. The molecule has 1 heterocycles. The van der Waals surface area contributed by atoms with Crippen LogP contribution in [0.25, 0.3) is 0 Å². The van der Waals surface area contributed by atoms with Crippen molar-refractivity contribution in [3.8, 4) is 0 Å². The fourth-order valence-electron chi connectivity index (χ4n) is 2.94. The molecule has 1 N–H and O–H groups in total. The van der Waals surface area contributed by atoms with E-state index < -0.39 is 10.0 Å². The minimum absolute atomic E-state index is 0.0810. The van der Waals surface area contributed by atoms with Crippen LogP contribution in [0.3, 0.4) is 0 Å². The fraction of sp³-hybridized carbons (Fsp3) is 0.316. The highest BCUT2D eigenvalue weighted by Gasteiger charge is 2.26. The third-order valence-corrected chi connectivity index (χ3v) is 6.12. The molecule has 3 rings (SSSR count). The second kappa shape index (κ2) is 7.70. The zero-order valence-electron chi connectivity index (χ0n) is 14.0. The van der Waals surface area contributed by atoms with Crippen molar-refractivity contribution < 1.29 is 13.2 Å². The molecular formula is C19H22N2O3S. The molecular weight excluding hydrogens is 336 g/mol. The molecule has 6 heteroatoms. The van der Waals surface area contributed by atoms with Crippen molar-refractivity contribution in [2.24, 2.45) is 0 Å². The van der Waals surface area contributed by atoms with E-state index in [-0.39, 0.29) is 11.7 Å². The van der Waals surface area contributed by atoms with Crippen LogP contribution < -0.4 is 9.62 Å². The molecule has 0 radical (unpaired) electrons. The average molecular weight is 358 g/mol. The lowest BCUT2D eigenvalue weighted by atomic mass is 10.1. The van der Waals surface area contributed by atoms with E-state index in [0.29, 0.717) is 37.2 Å². The van der Waals surface area contributed by atoms with Gasteiger partial charge in [-0.15, -0.1) is 0 Å². The van der Waals surface area contributed by atoms with Crippen molar-refractivity contribution in [1.82, 2.24) is 0 Å². The van der Waals surface area contributed by atoms with Gasteiger partial charge in [0.25, 0.3) is 0 Å². The zero-order valence-corrected chi connectivity index (χ0v) is 14.8. The number of benzene rings is 2. The second-order valence-corrected chi connectivity index (χ2v) is 8.19. The number of hydrogen-bond acceptors (Lipinski definition) is 3. The molecule has 2 aromatic carbocycles. The first-order valence-corrected chi connectivity index (χ1v) is 10.1. The summed E-state index contributed by atoms with van der Waals surface area (Å²) in [5, 5.41) is 2.86. The lowest BCUT2D eigenvalue weighted by Crippen LogP contribution is -2.37. The van der Waals surface area contributed by atoms with Gasteiger partial charge >= 0.3 is 0 Å². The van der Waals surface area contributed by atoms with E-state index >= 15 is 0 Å². The molecule has 0 atom stereocenters. The van der Waals surface area contributed by atoms with Crippen LogP contribution in [0.1, 0.15) is 24.8 Å². The van der Waals surface area contributed by atoms with Crippen molar-refractivity contribution in [1.29, 1.82) is 0 Å². The third kappa shape index (κ3) is 4.60. The van der Waals surface area contributed by atoms with E-state index in [1.54, 1.807) is 24.3 Å². The highest BCUT2D eigenvalue weighted by atomic mass is 32.2. The molecule has 2 aromatic rings. The molecule has 1 aliphatic heterocycles. The molecule has 1 aliphatic rings. The Balaban J connectivity index is 1.64. The molecule has 132 valence electrons. The van der Waals surface area contributed by atoms with E-state index in [1.807, 2.05) is 30.3 Å². The first kappa shape index (κ1) is 17.5. The van der Waals surface area contributed by atoms with Gasteiger partial charge < -0.3 is 5.32 Å². The van der Waals surface area contributed by atoms with Crippen LogP contribution in [-0.2, 0) is 21.2 Å². The Morgan fingerprint density at radius 2 is 1.84 bits per heavy atom. The summed E-state index contributed by atoms with van der Waals surface area (Å²) < 4.78 is 25.9. The lowest BCUT2D eigenvalue weighted by Gasteiger charge is -2.28. The number of anilines is 2. The predicted octanol–water partition coefficient (Wildman–Crippen LogP) is 3.19. The van der Waals surface area contributed by atoms with Gasteiger partial charge in [-0.2, -0.15) is 0 Å². The summed E-state index contributed by atoms with van der Waals surface area (Å²) in [4.78, 5) is 12.2. The van der Waals surface area contributed by atoms with Gasteiger partial charge in [0.05, 0.1) is 11.4 Å². The van der Waals surface area contributed by atoms with Gasteiger partial charge in [0.1, 0.15) is 0 Å². The van der Waals surface area contributed by atoms with Crippen molar-refractivity contribution in [2.75, 3.05) is 21.9 Å². The molecule has 1 amide bonds. The Kier molecular flexibility index (Phi) is 5.38. The SMILES string of the molecule is O=C(CCc1ccccc1)Nc1cccc(N2CCCCS2(=O)=O)c1. The zero-order chi connectivity index (χ0) is 17.7. The summed E-state index contributed by atoms with van der Waals surface area (Å²) in [5.41, 5.74) is 2.35. The van der Waals surface area contributed by atoms with Crippen molar-refractivity contribution in [3.05, 3.63) is 60.2 Å². The first-order chi connectivity index (χ1) is 12.0. The molecule has 0 unspecified atom stereocenters. The van der Waals surface area contributed by atoms with E-state index in [4.69, 9.17) is 0 Å². The number of nitrogens with zero attached hydrogens (tertiary/aromatic N) is 1. The topological polar surface area (TPSA) is 66.5 Å². The van der Waals surface area contributed by atoms with E-state index in [1.165, 1.54) is 4.31 Å². The number of carbonyl (C=O) groups is 1. The number of carbonyl (C=O) groups excluding carboxylic acids is 1. The molecule has 0 aromatic heterocycles. The van der Waals surface area contributed by atoms with Gasteiger partial charge in [0.15, 0.2) is 0 Å². The van der Waals surface area contributed by atoms with Gasteiger partial charge in [-0.05, 0) is 43.0 Å². The first-order valence-electron chi connectivity index (χ1n) is 8.49. The summed E-state index contributed by atoms with van der Waals surface area (Å²) in [6, 6.07) is 16.9. The summed E-state index contributed by atoms with van der Waals surface area (Å²) in [7, 11) is -3.25. The van der Waals surface area contributed by atoms with Crippen LogP contribution in [-0.4, -0.2) is 26.6 Å². The van der Waals surface area contributed by atoms with Crippen LogP contribution in [0.5, 0.6) is 0 Å². The van der Waals surface area contributed by atoms with Gasteiger partial charge in [-0.1, -0.05) is 36.4 Å². The monoisotopic (exact) mass is 358 g/mol. The predicted molar refractivity (Wildman–Crippen MR) is 100 cm³/mol. The molecule has 25 heavy (non-hydrogen) atoms. The second-order valence-electron chi connectivity index (χ2n) is 6.18. The largest absolute Gasteiger partial charge is 0.326 e. The quantitative estimate of drug-likeness (QED) is 0.893. The fourth-order valence-corrected chi connectivity index (χ4v) is 4.58. The maximum atomic E-state index is 12.2. The number of amides is 1. The summed E-state index contributed by atoms with van der Waals surface area (Å²) in [6.45, 7) is 0.494. The minimum atomic E-state index is -3.25. The summed E-state index contributed by atoms with van der Waals surface area (Å²) in [6.07, 6.45) is 2.62.